The van der Waals surface area contributed by atoms with Crippen LogP contribution in [0.25, 0.3) is 0 Å². The maximum absolute atomic E-state index is 13.1. The fourth-order valence-corrected chi connectivity index (χ4v) is 1.03. The van der Waals surface area contributed by atoms with Gasteiger partial charge in [0.2, 0.25) is 0 Å². The van der Waals surface area contributed by atoms with Gasteiger partial charge in [0.1, 0.15) is 5.56 Å². The number of anilines is 1. The van der Waals surface area contributed by atoms with Crippen LogP contribution in [0.2, 0.25) is 0 Å². The number of carboxylic acids is 1. The summed E-state index contributed by atoms with van der Waals surface area (Å²) in [6, 6.07) is 1.10. The number of hydrogen-bond acceptors (Lipinski definition) is 2. The Morgan fingerprint density at radius 1 is 1.33 bits per heavy atom. The van der Waals surface area contributed by atoms with Crippen molar-refractivity contribution in [1.82, 2.24) is 0 Å². The number of rotatable bonds is 1. The highest BCUT2D eigenvalue weighted by Crippen LogP contribution is 2.34. The molecule has 0 spiro atoms. The van der Waals surface area contributed by atoms with Crippen molar-refractivity contribution in [3.63, 3.8) is 0 Å². The largest absolute Gasteiger partial charge is 0.478 e. The molecule has 1 aromatic carbocycles. The lowest BCUT2D eigenvalue weighted by Crippen LogP contribution is -2.14. The molecule has 0 fully saturated rings. The van der Waals surface area contributed by atoms with Crippen LogP contribution in [0.4, 0.5) is 23.2 Å². The third-order valence-corrected chi connectivity index (χ3v) is 1.69. The Bertz CT molecular complexity index is 414. The number of carbonyl (C=O) groups is 1. The lowest BCUT2D eigenvalue weighted by Gasteiger charge is -2.10. The monoisotopic (exact) mass is 223 g/mol. The molecule has 0 heterocycles. The minimum Gasteiger partial charge on any atom is -0.478 e. The van der Waals surface area contributed by atoms with Gasteiger partial charge in [-0.3, -0.25) is 0 Å². The first kappa shape index (κ1) is 11.3. The summed E-state index contributed by atoms with van der Waals surface area (Å²) < 4.78 is 49.5. The van der Waals surface area contributed by atoms with Crippen molar-refractivity contribution in [1.29, 1.82) is 0 Å². The average Bonchev–Trinajstić information content (AvgIpc) is 2.00. The van der Waals surface area contributed by atoms with Gasteiger partial charge in [-0.15, -0.1) is 0 Å². The molecule has 0 saturated carbocycles. The lowest BCUT2D eigenvalue weighted by molar-refractivity contribution is -0.140. The number of nitrogen functional groups attached to an aromatic ring is 1. The molecule has 0 aliphatic heterocycles. The maximum Gasteiger partial charge on any atom is 0.419 e. The van der Waals surface area contributed by atoms with E-state index in [0.29, 0.717) is 12.1 Å². The summed E-state index contributed by atoms with van der Waals surface area (Å²) in [5.74, 6) is -3.70. The molecule has 0 amide bonds. The first-order chi connectivity index (χ1) is 6.75. The fourth-order valence-electron chi connectivity index (χ4n) is 1.03. The van der Waals surface area contributed by atoms with Gasteiger partial charge < -0.3 is 10.8 Å². The average molecular weight is 223 g/mol. The van der Waals surface area contributed by atoms with Crippen LogP contribution in [-0.4, -0.2) is 11.1 Å². The predicted molar refractivity (Wildman–Crippen MR) is 42.8 cm³/mol. The Hall–Kier alpha value is -1.79. The molecule has 0 atom stereocenters. The molecule has 0 aliphatic rings. The summed E-state index contributed by atoms with van der Waals surface area (Å²) >= 11 is 0. The maximum atomic E-state index is 13.1. The van der Waals surface area contributed by atoms with E-state index in [2.05, 4.69) is 0 Å². The second kappa shape index (κ2) is 3.41. The van der Waals surface area contributed by atoms with Crippen LogP contribution in [-0.2, 0) is 6.18 Å². The molecule has 15 heavy (non-hydrogen) atoms. The normalized spacial score (nSPS) is 11.5. The van der Waals surface area contributed by atoms with E-state index in [-0.39, 0.29) is 0 Å². The Kier molecular flexibility index (Phi) is 2.57. The molecule has 0 aromatic heterocycles. The van der Waals surface area contributed by atoms with Gasteiger partial charge in [0.05, 0.1) is 5.56 Å². The van der Waals surface area contributed by atoms with Gasteiger partial charge in [-0.1, -0.05) is 0 Å². The summed E-state index contributed by atoms with van der Waals surface area (Å²) in [5, 5.41) is 8.45. The summed E-state index contributed by atoms with van der Waals surface area (Å²) in [6.07, 6.45) is -4.94. The van der Waals surface area contributed by atoms with E-state index < -0.39 is 34.8 Å². The Morgan fingerprint density at radius 2 is 1.87 bits per heavy atom. The second-order valence-corrected chi connectivity index (χ2v) is 2.69. The summed E-state index contributed by atoms with van der Waals surface area (Å²) in [7, 11) is 0. The van der Waals surface area contributed by atoms with Crippen molar-refractivity contribution in [3.05, 3.63) is 29.1 Å². The van der Waals surface area contributed by atoms with Gasteiger partial charge >= 0.3 is 12.1 Å². The lowest BCUT2D eigenvalue weighted by atomic mass is 10.1. The van der Waals surface area contributed by atoms with Crippen molar-refractivity contribution in [2.24, 2.45) is 0 Å². The fraction of sp³-hybridized carbons (Fsp3) is 0.125. The molecule has 7 heteroatoms. The first-order valence-corrected chi connectivity index (χ1v) is 3.63. The topological polar surface area (TPSA) is 63.3 Å². The van der Waals surface area contributed by atoms with Crippen LogP contribution in [0.3, 0.4) is 0 Å². The molecular weight excluding hydrogens is 218 g/mol. The molecule has 3 N–H and O–H groups in total. The summed E-state index contributed by atoms with van der Waals surface area (Å²) in [6.45, 7) is 0. The van der Waals surface area contributed by atoms with E-state index in [1.54, 1.807) is 0 Å². The highest BCUT2D eigenvalue weighted by atomic mass is 19.4. The van der Waals surface area contributed by atoms with Crippen molar-refractivity contribution in [2.45, 2.75) is 6.18 Å². The molecule has 0 unspecified atom stereocenters. The molecular formula is C8H5F4NO2. The van der Waals surface area contributed by atoms with E-state index in [1.807, 2.05) is 0 Å². The van der Waals surface area contributed by atoms with Crippen molar-refractivity contribution < 1.29 is 27.5 Å². The van der Waals surface area contributed by atoms with Gasteiger partial charge in [0, 0.05) is 5.69 Å². The Labute approximate surface area is 81.1 Å². The molecule has 82 valence electrons. The zero-order chi connectivity index (χ0) is 11.8. The number of benzene rings is 1. The molecule has 1 rings (SSSR count). The van der Waals surface area contributed by atoms with Crippen LogP contribution in [0.5, 0.6) is 0 Å². The Balaban J connectivity index is 3.49. The third kappa shape index (κ3) is 2.00. The zero-order valence-electron chi connectivity index (χ0n) is 7.10. The number of hydrogen-bond donors (Lipinski definition) is 2. The van der Waals surface area contributed by atoms with Gasteiger partial charge in [0.25, 0.3) is 0 Å². The van der Waals surface area contributed by atoms with Gasteiger partial charge in [-0.25, -0.2) is 9.18 Å². The van der Waals surface area contributed by atoms with Crippen LogP contribution in [0.1, 0.15) is 15.9 Å². The number of carboxylic acid groups (broad SMARTS) is 1. The highest BCUT2D eigenvalue weighted by Gasteiger charge is 2.36. The van der Waals surface area contributed by atoms with Crippen LogP contribution in [0.15, 0.2) is 12.1 Å². The zero-order valence-corrected chi connectivity index (χ0v) is 7.10. The van der Waals surface area contributed by atoms with Crippen molar-refractivity contribution in [3.8, 4) is 0 Å². The van der Waals surface area contributed by atoms with E-state index in [1.165, 1.54) is 0 Å². The smallest absolute Gasteiger partial charge is 0.419 e. The van der Waals surface area contributed by atoms with Crippen molar-refractivity contribution >= 4 is 11.7 Å². The SMILES string of the molecule is Nc1ccc(C(F)(F)F)c(F)c1C(=O)O. The van der Waals surface area contributed by atoms with Crippen LogP contribution < -0.4 is 5.73 Å². The minimum atomic E-state index is -4.94. The van der Waals surface area contributed by atoms with Crippen LogP contribution in [0, 0.1) is 5.82 Å². The second-order valence-electron chi connectivity index (χ2n) is 2.69. The third-order valence-electron chi connectivity index (χ3n) is 1.69. The van der Waals surface area contributed by atoms with Gasteiger partial charge in [0.15, 0.2) is 5.82 Å². The minimum absolute atomic E-state index is 0.400. The standard InChI is InChI=1S/C8H5F4NO2/c9-6-3(8(10,11)12)1-2-4(13)5(6)7(14)15/h1-2H,13H2,(H,14,15). The van der Waals surface area contributed by atoms with E-state index in [4.69, 9.17) is 10.8 Å². The van der Waals surface area contributed by atoms with Crippen LogP contribution >= 0.6 is 0 Å². The van der Waals surface area contributed by atoms with Crippen molar-refractivity contribution in [2.75, 3.05) is 5.73 Å². The number of alkyl halides is 3. The molecule has 0 bridgehead atoms. The first-order valence-electron chi connectivity index (χ1n) is 3.63. The van der Waals surface area contributed by atoms with E-state index in [0.717, 1.165) is 0 Å². The van der Waals surface area contributed by atoms with Gasteiger partial charge in [-0.05, 0) is 12.1 Å². The Morgan fingerprint density at radius 3 is 2.27 bits per heavy atom. The molecule has 0 aliphatic carbocycles. The number of halogens is 4. The van der Waals surface area contributed by atoms with E-state index >= 15 is 0 Å². The predicted octanol–water partition coefficient (Wildman–Crippen LogP) is 2.12. The van der Waals surface area contributed by atoms with Gasteiger partial charge in [-0.2, -0.15) is 13.2 Å². The highest BCUT2D eigenvalue weighted by molar-refractivity contribution is 5.94. The number of aromatic carboxylic acids is 1. The number of nitrogens with two attached hydrogens (primary N) is 1. The molecule has 0 radical (unpaired) electrons. The summed E-state index contributed by atoms with van der Waals surface area (Å²) in [4.78, 5) is 10.4. The molecule has 3 nitrogen and oxygen atoms in total. The molecule has 0 saturated heterocycles. The summed E-state index contributed by atoms with van der Waals surface area (Å²) in [5.41, 5.74) is 1.69. The van der Waals surface area contributed by atoms with E-state index in [9.17, 15) is 22.4 Å². The molecule has 1 aromatic rings. The quantitative estimate of drug-likeness (QED) is 0.566.